The summed E-state index contributed by atoms with van der Waals surface area (Å²) in [5.74, 6) is 0. The van der Waals surface area contributed by atoms with E-state index in [1.165, 1.54) is 0 Å². The topological polar surface area (TPSA) is 77.8 Å². The zero-order valence-electron chi connectivity index (χ0n) is 11.5. The molecule has 0 saturated heterocycles. The molecule has 1 heterocycles. The smallest absolute Gasteiger partial charge is 0.315 e. The fourth-order valence-corrected chi connectivity index (χ4v) is 1.85. The highest BCUT2D eigenvalue weighted by Crippen LogP contribution is 2.04. The molecule has 0 atom stereocenters. The standard InChI is InChI=1S/C16H16N4O/c17-11-14-5-3-4-13(10-14)7-9-19-16(21)20-12-15-6-1-2-8-18-15/h1-6,8,10H,7,9,12H2,(H2,19,20,21). The Kier molecular flexibility index (Phi) is 5.30. The van der Waals surface area contributed by atoms with Gasteiger partial charge < -0.3 is 10.6 Å². The zero-order valence-corrected chi connectivity index (χ0v) is 11.5. The number of nitriles is 1. The van der Waals surface area contributed by atoms with Gasteiger partial charge in [-0.05, 0) is 36.2 Å². The first-order valence-electron chi connectivity index (χ1n) is 6.68. The van der Waals surface area contributed by atoms with Gasteiger partial charge in [0.2, 0.25) is 0 Å². The van der Waals surface area contributed by atoms with Crippen molar-refractivity contribution in [2.75, 3.05) is 6.54 Å². The van der Waals surface area contributed by atoms with E-state index >= 15 is 0 Å². The summed E-state index contributed by atoms with van der Waals surface area (Å²) in [4.78, 5) is 15.8. The lowest BCUT2D eigenvalue weighted by Gasteiger charge is -2.07. The second-order valence-electron chi connectivity index (χ2n) is 4.49. The molecule has 1 aromatic carbocycles. The Morgan fingerprint density at radius 2 is 2.10 bits per heavy atom. The molecule has 0 aliphatic heterocycles. The highest BCUT2D eigenvalue weighted by Gasteiger charge is 2.01. The van der Waals surface area contributed by atoms with E-state index in [-0.39, 0.29) is 6.03 Å². The van der Waals surface area contributed by atoms with Crippen LogP contribution in [0.1, 0.15) is 16.8 Å². The Bertz CT molecular complexity index is 634. The average molecular weight is 280 g/mol. The van der Waals surface area contributed by atoms with Crippen molar-refractivity contribution in [2.45, 2.75) is 13.0 Å². The molecule has 2 N–H and O–H groups in total. The van der Waals surface area contributed by atoms with Gasteiger partial charge in [-0.15, -0.1) is 0 Å². The van der Waals surface area contributed by atoms with E-state index in [1.54, 1.807) is 12.3 Å². The molecule has 21 heavy (non-hydrogen) atoms. The van der Waals surface area contributed by atoms with Crippen molar-refractivity contribution < 1.29 is 4.79 Å². The second kappa shape index (κ2) is 7.65. The number of rotatable bonds is 5. The van der Waals surface area contributed by atoms with Gasteiger partial charge in [0.05, 0.1) is 23.9 Å². The summed E-state index contributed by atoms with van der Waals surface area (Å²) in [6.07, 6.45) is 2.38. The van der Waals surface area contributed by atoms with Crippen molar-refractivity contribution in [3.8, 4) is 6.07 Å². The lowest BCUT2D eigenvalue weighted by molar-refractivity contribution is 0.240. The quantitative estimate of drug-likeness (QED) is 0.879. The SMILES string of the molecule is N#Cc1cccc(CCNC(=O)NCc2ccccn2)c1. The molecule has 1 aromatic heterocycles. The Labute approximate surface area is 123 Å². The fraction of sp³-hybridized carbons (Fsp3) is 0.188. The van der Waals surface area contributed by atoms with Crippen molar-refractivity contribution >= 4 is 6.03 Å². The molecule has 0 fully saturated rings. The van der Waals surface area contributed by atoms with Gasteiger partial charge in [-0.1, -0.05) is 18.2 Å². The molecule has 2 amide bonds. The molecule has 0 saturated carbocycles. The molecular formula is C16H16N4O. The van der Waals surface area contributed by atoms with E-state index in [0.717, 1.165) is 11.3 Å². The van der Waals surface area contributed by atoms with E-state index in [2.05, 4.69) is 21.7 Å². The molecule has 2 rings (SSSR count). The van der Waals surface area contributed by atoms with Crippen LogP contribution >= 0.6 is 0 Å². The minimum Gasteiger partial charge on any atom is -0.338 e. The van der Waals surface area contributed by atoms with Crippen molar-refractivity contribution in [1.29, 1.82) is 5.26 Å². The molecule has 0 aliphatic carbocycles. The maximum absolute atomic E-state index is 11.6. The summed E-state index contributed by atoms with van der Waals surface area (Å²) < 4.78 is 0. The largest absolute Gasteiger partial charge is 0.338 e. The molecule has 0 aliphatic rings. The van der Waals surface area contributed by atoms with Gasteiger partial charge in [0.15, 0.2) is 0 Å². The Balaban J connectivity index is 1.71. The number of urea groups is 1. The van der Waals surface area contributed by atoms with E-state index in [1.807, 2.05) is 36.4 Å². The number of aromatic nitrogens is 1. The van der Waals surface area contributed by atoms with Crippen LogP contribution in [0, 0.1) is 11.3 Å². The predicted octanol–water partition coefficient (Wildman–Crippen LogP) is 2.00. The summed E-state index contributed by atoms with van der Waals surface area (Å²) >= 11 is 0. The molecule has 106 valence electrons. The number of hydrogen-bond acceptors (Lipinski definition) is 3. The number of benzene rings is 1. The van der Waals surface area contributed by atoms with E-state index < -0.39 is 0 Å². The monoisotopic (exact) mass is 280 g/mol. The maximum Gasteiger partial charge on any atom is 0.315 e. The normalized spacial score (nSPS) is 9.67. The van der Waals surface area contributed by atoms with E-state index in [4.69, 9.17) is 5.26 Å². The lowest BCUT2D eigenvalue weighted by atomic mass is 10.1. The molecule has 0 radical (unpaired) electrons. The summed E-state index contributed by atoms with van der Waals surface area (Å²) in [6, 6.07) is 14.8. The van der Waals surface area contributed by atoms with Gasteiger partial charge in [0.25, 0.3) is 0 Å². The molecule has 5 nitrogen and oxygen atoms in total. The van der Waals surface area contributed by atoms with Gasteiger partial charge in [-0.2, -0.15) is 5.26 Å². The Hall–Kier alpha value is -2.87. The van der Waals surface area contributed by atoms with Gasteiger partial charge in [0.1, 0.15) is 0 Å². The summed E-state index contributed by atoms with van der Waals surface area (Å²) in [5, 5.41) is 14.3. The van der Waals surface area contributed by atoms with Crippen molar-refractivity contribution in [2.24, 2.45) is 0 Å². The van der Waals surface area contributed by atoms with Crippen LogP contribution in [-0.4, -0.2) is 17.6 Å². The fourth-order valence-electron chi connectivity index (χ4n) is 1.85. The minimum absolute atomic E-state index is 0.225. The first kappa shape index (κ1) is 14.5. The third-order valence-electron chi connectivity index (χ3n) is 2.91. The first-order valence-corrected chi connectivity index (χ1v) is 6.68. The van der Waals surface area contributed by atoms with Crippen LogP contribution in [0.5, 0.6) is 0 Å². The van der Waals surface area contributed by atoms with Crippen molar-refractivity contribution in [1.82, 2.24) is 15.6 Å². The number of nitrogens with zero attached hydrogens (tertiary/aromatic N) is 2. The highest BCUT2D eigenvalue weighted by molar-refractivity contribution is 5.73. The van der Waals surface area contributed by atoms with Gasteiger partial charge in [-0.3, -0.25) is 4.98 Å². The van der Waals surface area contributed by atoms with Crippen LogP contribution in [-0.2, 0) is 13.0 Å². The molecule has 0 bridgehead atoms. The first-order chi connectivity index (χ1) is 10.3. The number of nitrogens with one attached hydrogen (secondary N) is 2. The van der Waals surface area contributed by atoms with Crippen LogP contribution in [0.3, 0.4) is 0 Å². The number of carbonyl (C=O) groups is 1. The Morgan fingerprint density at radius 1 is 1.19 bits per heavy atom. The highest BCUT2D eigenvalue weighted by atomic mass is 16.2. The van der Waals surface area contributed by atoms with Gasteiger partial charge >= 0.3 is 6.03 Å². The molecule has 0 spiro atoms. The van der Waals surface area contributed by atoms with Gasteiger partial charge in [-0.25, -0.2) is 4.79 Å². The van der Waals surface area contributed by atoms with Crippen LogP contribution in [0.2, 0.25) is 0 Å². The third-order valence-corrected chi connectivity index (χ3v) is 2.91. The molecule has 2 aromatic rings. The molecule has 0 unspecified atom stereocenters. The van der Waals surface area contributed by atoms with Crippen LogP contribution in [0.25, 0.3) is 0 Å². The van der Waals surface area contributed by atoms with Crippen molar-refractivity contribution in [3.05, 3.63) is 65.5 Å². The van der Waals surface area contributed by atoms with Crippen LogP contribution in [0.15, 0.2) is 48.7 Å². The number of hydrogen-bond donors (Lipinski definition) is 2. The van der Waals surface area contributed by atoms with Crippen LogP contribution in [0.4, 0.5) is 4.79 Å². The van der Waals surface area contributed by atoms with E-state index in [0.29, 0.717) is 25.1 Å². The third kappa shape index (κ3) is 4.96. The Morgan fingerprint density at radius 3 is 2.86 bits per heavy atom. The predicted molar refractivity (Wildman–Crippen MR) is 79.3 cm³/mol. The average Bonchev–Trinajstić information content (AvgIpc) is 2.54. The second-order valence-corrected chi connectivity index (χ2v) is 4.49. The number of carbonyl (C=O) groups excluding carboxylic acids is 1. The summed E-state index contributed by atoms with van der Waals surface area (Å²) in [5.41, 5.74) is 2.47. The molecular weight excluding hydrogens is 264 g/mol. The van der Waals surface area contributed by atoms with Crippen molar-refractivity contribution in [3.63, 3.8) is 0 Å². The summed E-state index contributed by atoms with van der Waals surface area (Å²) in [7, 11) is 0. The summed E-state index contributed by atoms with van der Waals surface area (Å²) in [6.45, 7) is 0.916. The lowest BCUT2D eigenvalue weighted by Crippen LogP contribution is -2.36. The van der Waals surface area contributed by atoms with E-state index in [9.17, 15) is 4.79 Å². The zero-order chi connectivity index (χ0) is 14.9. The maximum atomic E-state index is 11.6. The number of amides is 2. The minimum atomic E-state index is -0.225. The van der Waals surface area contributed by atoms with Gasteiger partial charge in [0, 0.05) is 12.7 Å². The molecule has 5 heteroatoms. The number of pyridine rings is 1. The van der Waals surface area contributed by atoms with Crippen LogP contribution < -0.4 is 10.6 Å².